The summed E-state index contributed by atoms with van der Waals surface area (Å²) in [4.78, 5) is 10.4. The Hall–Kier alpha value is -1.08. The van der Waals surface area contributed by atoms with Gasteiger partial charge in [0, 0.05) is 18.4 Å². The highest BCUT2D eigenvalue weighted by atomic mass is 32.2. The van der Waals surface area contributed by atoms with Gasteiger partial charge >= 0.3 is 13.4 Å². The third kappa shape index (κ3) is 4.79. The van der Waals surface area contributed by atoms with Gasteiger partial charge in [0.15, 0.2) is 0 Å². The van der Waals surface area contributed by atoms with Gasteiger partial charge in [-0.25, -0.2) is 4.57 Å². The predicted octanol–water partition coefficient (Wildman–Crippen LogP) is 3.68. The lowest BCUT2D eigenvalue weighted by Crippen LogP contribution is -2.11. The molecule has 1 unspecified atom stereocenters. The van der Waals surface area contributed by atoms with Crippen molar-refractivity contribution < 1.29 is 18.5 Å². The molecule has 0 aliphatic rings. The zero-order valence-corrected chi connectivity index (χ0v) is 13.4. The first kappa shape index (κ1) is 17.0. The normalized spacial score (nSPS) is 14.1. The molecule has 0 fully saturated rings. The second kappa shape index (κ2) is 7.08. The molecule has 1 atom stereocenters. The number of nitro groups is 1. The van der Waals surface area contributed by atoms with Crippen molar-refractivity contribution in [2.45, 2.75) is 26.0 Å². The maximum Gasteiger partial charge on any atom is 0.468 e. The Bertz CT molecular complexity index is 538. The van der Waals surface area contributed by atoms with E-state index in [9.17, 15) is 14.7 Å². The molecule has 0 amide bonds. The number of nitrogens with zero attached hydrogens (tertiary/aromatic N) is 1. The Morgan fingerprint density at radius 2 is 2.10 bits per heavy atom. The van der Waals surface area contributed by atoms with Crippen molar-refractivity contribution in [1.29, 1.82) is 0 Å². The first-order chi connectivity index (χ1) is 9.27. The number of aryl methyl sites for hydroxylation is 1. The molecule has 1 rings (SSSR count). The molecule has 0 aromatic heterocycles. The highest BCUT2D eigenvalue weighted by Gasteiger charge is 2.29. The fraction of sp³-hybridized carbons (Fsp3) is 0.455. The molecule has 0 heterocycles. The Balaban J connectivity index is 3.00. The lowest BCUT2D eigenvalue weighted by molar-refractivity contribution is -0.385. The number of hydrogen-bond acceptors (Lipinski definition) is 6. The van der Waals surface area contributed by atoms with Gasteiger partial charge in [0.1, 0.15) is 0 Å². The minimum Gasteiger partial charge on any atom is -0.405 e. The van der Waals surface area contributed by atoms with Crippen LogP contribution in [0, 0.1) is 17.0 Å². The van der Waals surface area contributed by atoms with E-state index in [-0.39, 0.29) is 16.7 Å². The summed E-state index contributed by atoms with van der Waals surface area (Å²) in [6.07, 6.45) is 0. The molecule has 0 bridgehead atoms. The van der Waals surface area contributed by atoms with Crippen LogP contribution in [0.1, 0.15) is 19.4 Å². The van der Waals surface area contributed by atoms with E-state index in [1.54, 1.807) is 13.0 Å². The number of nitro benzene ring substituents is 1. The van der Waals surface area contributed by atoms with Crippen molar-refractivity contribution in [2.75, 3.05) is 7.11 Å². The van der Waals surface area contributed by atoms with Gasteiger partial charge in [0.2, 0.25) is 5.75 Å². The summed E-state index contributed by atoms with van der Waals surface area (Å²) >= 11 is 1.17. The van der Waals surface area contributed by atoms with Crippen LogP contribution in [0.2, 0.25) is 0 Å². The van der Waals surface area contributed by atoms with Crippen LogP contribution in [-0.4, -0.2) is 17.3 Å². The van der Waals surface area contributed by atoms with Gasteiger partial charge < -0.3 is 4.52 Å². The summed E-state index contributed by atoms with van der Waals surface area (Å²) in [7, 11) is -2.43. The summed E-state index contributed by atoms with van der Waals surface area (Å²) in [6.45, 7) is 5.51. The molecule has 7 nitrogen and oxygen atoms in total. The molecule has 0 aliphatic heterocycles. The van der Waals surface area contributed by atoms with Gasteiger partial charge in [-0.1, -0.05) is 31.9 Å². The van der Waals surface area contributed by atoms with Crippen LogP contribution in [0.3, 0.4) is 0 Å². The minimum atomic E-state index is -3.65. The van der Waals surface area contributed by atoms with Gasteiger partial charge in [0.25, 0.3) is 0 Å². The highest BCUT2D eigenvalue weighted by Crippen LogP contribution is 2.48. The molecular weight excluding hydrogens is 303 g/mol. The van der Waals surface area contributed by atoms with Crippen molar-refractivity contribution in [3.8, 4) is 5.75 Å². The van der Waals surface area contributed by atoms with Gasteiger partial charge in [-0.05, 0) is 18.6 Å². The summed E-state index contributed by atoms with van der Waals surface area (Å²) in [5.41, 5.74) is 0.458. The van der Waals surface area contributed by atoms with E-state index in [2.05, 4.69) is 4.49 Å². The van der Waals surface area contributed by atoms with E-state index >= 15 is 0 Å². The third-order valence-corrected chi connectivity index (χ3v) is 4.88. The average molecular weight is 320 g/mol. The highest BCUT2D eigenvalue weighted by molar-refractivity contribution is 8.02. The largest absolute Gasteiger partial charge is 0.468 e. The van der Waals surface area contributed by atoms with Gasteiger partial charge in [0.05, 0.1) is 4.92 Å². The topological polar surface area (TPSA) is 90.7 Å². The van der Waals surface area contributed by atoms with Crippen molar-refractivity contribution in [1.82, 2.24) is 4.49 Å². The fourth-order valence-corrected chi connectivity index (χ4v) is 3.53. The van der Waals surface area contributed by atoms with Crippen LogP contribution < -0.4 is 9.02 Å². The lowest BCUT2D eigenvalue weighted by Gasteiger charge is -2.18. The molecule has 112 valence electrons. The molecule has 0 spiro atoms. The van der Waals surface area contributed by atoms with Crippen molar-refractivity contribution in [3.63, 3.8) is 0 Å². The number of hydrogen-bond donors (Lipinski definition) is 1. The minimum absolute atomic E-state index is 0.0948. The Morgan fingerprint density at radius 1 is 1.45 bits per heavy atom. The molecule has 20 heavy (non-hydrogen) atoms. The molecule has 0 radical (unpaired) electrons. The zero-order valence-electron chi connectivity index (χ0n) is 11.7. The standard InChI is InChI=1S/C11H17N2O5PS/c1-8(2)20-12-19(16,17-4)18-11-6-5-9(3)7-10(11)13(14)15/h5-8H,1-4H3,(H,12,16). The predicted molar refractivity (Wildman–Crippen MR) is 78.9 cm³/mol. The van der Waals surface area contributed by atoms with Gasteiger partial charge in [-0.2, -0.15) is 4.49 Å². The van der Waals surface area contributed by atoms with E-state index in [0.29, 0.717) is 5.56 Å². The summed E-state index contributed by atoms with van der Waals surface area (Å²) in [5.74, 6) is -0.0948. The molecule has 9 heteroatoms. The lowest BCUT2D eigenvalue weighted by atomic mass is 10.2. The maximum atomic E-state index is 12.3. The summed E-state index contributed by atoms with van der Waals surface area (Å²) < 4.78 is 24.9. The molecule has 0 saturated heterocycles. The quantitative estimate of drug-likeness (QED) is 0.354. The number of rotatable bonds is 7. The summed E-state index contributed by atoms with van der Waals surface area (Å²) in [6, 6.07) is 4.39. The van der Waals surface area contributed by atoms with Gasteiger partial charge in [-0.15, -0.1) is 0 Å². The smallest absolute Gasteiger partial charge is 0.405 e. The molecule has 0 saturated carbocycles. The summed E-state index contributed by atoms with van der Waals surface area (Å²) in [5, 5.41) is 11.1. The molecule has 1 aromatic carbocycles. The van der Waals surface area contributed by atoms with Crippen molar-refractivity contribution in [3.05, 3.63) is 33.9 Å². The molecule has 0 aliphatic carbocycles. The van der Waals surface area contributed by atoms with Crippen LogP contribution >= 0.6 is 19.7 Å². The van der Waals surface area contributed by atoms with E-state index in [1.165, 1.54) is 31.2 Å². The van der Waals surface area contributed by atoms with Gasteiger partial charge in [-0.3, -0.25) is 14.6 Å². The van der Waals surface area contributed by atoms with Crippen molar-refractivity contribution in [2.24, 2.45) is 0 Å². The molecule has 1 aromatic rings. The Kier molecular flexibility index (Phi) is 6.01. The van der Waals surface area contributed by atoms with Crippen LogP contribution in [0.15, 0.2) is 18.2 Å². The van der Waals surface area contributed by atoms with Crippen molar-refractivity contribution >= 4 is 25.4 Å². The monoisotopic (exact) mass is 320 g/mol. The zero-order chi connectivity index (χ0) is 15.3. The number of benzene rings is 1. The second-order valence-corrected chi connectivity index (χ2v) is 7.71. The van der Waals surface area contributed by atoms with E-state index in [4.69, 9.17) is 9.05 Å². The number of nitrogens with one attached hydrogen (secondary N) is 1. The van der Waals surface area contributed by atoms with E-state index in [0.717, 1.165) is 0 Å². The first-order valence-electron chi connectivity index (χ1n) is 5.81. The Morgan fingerprint density at radius 3 is 2.60 bits per heavy atom. The second-order valence-electron chi connectivity index (χ2n) is 4.26. The van der Waals surface area contributed by atoms with Crippen LogP contribution in [0.5, 0.6) is 5.75 Å². The van der Waals surface area contributed by atoms with Crippen LogP contribution in [-0.2, 0) is 9.09 Å². The van der Waals surface area contributed by atoms with E-state index in [1.807, 2.05) is 13.8 Å². The fourth-order valence-electron chi connectivity index (χ4n) is 1.24. The molecule has 1 N–H and O–H groups in total. The molecular formula is C11H17N2O5PS. The van der Waals surface area contributed by atoms with E-state index < -0.39 is 12.7 Å². The third-order valence-electron chi connectivity index (χ3n) is 2.17. The van der Waals surface area contributed by atoms with Crippen LogP contribution in [0.25, 0.3) is 0 Å². The SMILES string of the molecule is COP(=O)(NSC(C)C)Oc1ccc(C)cc1[N+](=O)[O-]. The first-order valence-corrected chi connectivity index (χ1v) is 8.23. The maximum absolute atomic E-state index is 12.3. The van der Waals surface area contributed by atoms with Crippen LogP contribution in [0.4, 0.5) is 5.69 Å². The Labute approximate surface area is 121 Å². The average Bonchev–Trinajstić information content (AvgIpc) is 2.38.